The molecule has 29 heavy (non-hydrogen) atoms. The molecule has 2 aliphatic rings. The van der Waals surface area contributed by atoms with Gasteiger partial charge >= 0.3 is 0 Å². The van der Waals surface area contributed by atoms with E-state index in [1.807, 2.05) is 34.2 Å². The van der Waals surface area contributed by atoms with Crippen LogP contribution in [0.4, 0.5) is 0 Å². The molecule has 0 saturated carbocycles. The lowest BCUT2D eigenvalue weighted by atomic mass is 10.1. The Labute approximate surface area is 183 Å². The molecular formula is C21H32N4O2S2. The SMILES string of the molecule is CC1C(=O)N(C)C(=S)N1CCCCCCN1CCN(C(=O)Cc2cccs2)CC1. The average Bonchev–Trinajstić information content (AvgIpc) is 3.30. The molecule has 0 aromatic carbocycles. The third kappa shape index (κ3) is 5.77. The van der Waals surface area contributed by atoms with Crippen LogP contribution < -0.4 is 0 Å². The van der Waals surface area contributed by atoms with E-state index in [0.29, 0.717) is 11.5 Å². The van der Waals surface area contributed by atoms with Crippen LogP contribution in [0.3, 0.4) is 0 Å². The topological polar surface area (TPSA) is 47.1 Å². The van der Waals surface area contributed by atoms with E-state index < -0.39 is 0 Å². The zero-order valence-corrected chi connectivity index (χ0v) is 19.1. The third-order valence-corrected chi connectivity index (χ3v) is 7.33. The van der Waals surface area contributed by atoms with Crippen molar-refractivity contribution in [3.63, 3.8) is 0 Å². The quantitative estimate of drug-likeness (QED) is 0.440. The summed E-state index contributed by atoms with van der Waals surface area (Å²) in [4.78, 5) is 33.6. The molecule has 6 nitrogen and oxygen atoms in total. The van der Waals surface area contributed by atoms with Crippen molar-refractivity contribution in [3.05, 3.63) is 22.4 Å². The number of rotatable bonds is 9. The van der Waals surface area contributed by atoms with E-state index in [-0.39, 0.29) is 17.9 Å². The number of carbonyl (C=O) groups is 2. The van der Waals surface area contributed by atoms with Gasteiger partial charge in [0.25, 0.3) is 5.91 Å². The predicted octanol–water partition coefficient (Wildman–Crippen LogP) is 2.44. The summed E-state index contributed by atoms with van der Waals surface area (Å²) in [6.07, 6.45) is 5.13. The Balaban J connectivity index is 1.24. The first-order chi connectivity index (χ1) is 14.0. The first-order valence-corrected chi connectivity index (χ1v) is 11.9. The Morgan fingerprint density at radius 2 is 1.83 bits per heavy atom. The Bertz CT molecular complexity index is 702. The van der Waals surface area contributed by atoms with Crippen molar-refractivity contribution in [1.29, 1.82) is 0 Å². The molecule has 0 spiro atoms. The van der Waals surface area contributed by atoms with Crippen LogP contribution in [-0.4, -0.2) is 88.9 Å². The molecule has 2 aliphatic heterocycles. The lowest BCUT2D eigenvalue weighted by Crippen LogP contribution is -2.49. The van der Waals surface area contributed by atoms with Crippen LogP contribution >= 0.6 is 23.6 Å². The zero-order chi connectivity index (χ0) is 20.8. The predicted molar refractivity (Wildman–Crippen MR) is 121 cm³/mol. The number of thiocarbonyl (C=S) groups is 1. The Morgan fingerprint density at radius 1 is 1.14 bits per heavy atom. The molecule has 8 heteroatoms. The molecule has 2 amide bonds. The first kappa shape index (κ1) is 22.2. The number of amides is 2. The van der Waals surface area contributed by atoms with Gasteiger partial charge < -0.3 is 9.80 Å². The van der Waals surface area contributed by atoms with Gasteiger partial charge in [-0.2, -0.15) is 0 Å². The number of hydrogen-bond acceptors (Lipinski definition) is 5. The molecule has 0 N–H and O–H groups in total. The van der Waals surface area contributed by atoms with E-state index in [9.17, 15) is 9.59 Å². The largest absolute Gasteiger partial charge is 0.340 e. The third-order valence-electron chi connectivity index (χ3n) is 5.94. The zero-order valence-electron chi connectivity index (χ0n) is 17.5. The molecule has 0 radical (unpaired) electrons. The second-order valence-electron chi connectivity index (χ2n) is 7.94. The Morgan fingerprint density at radius 3 is 2.41 bits per heavy atom. The summed E-state index contributed by atoms with van der Waals surface area (Å²) in [6, 6.07) is 3.92. The maximum Gasteiger partial charge on any atom is 0.250 e. The number of hydrogen-bond donors (Lipinski definition) is 0. The van der Waals surface area contributed by atoms with E-state index in [4.69, 9.17) is 12.2 Å². The van der Waals surface area contributed by atoms with Gasteiger partial charge in [-0.3, -0.25) is 19.4 Å². The van der Waals surface area contributed by atoms with E-state index in [2.05, 4.69) is 4.90 Å². The number of likely N-dealkylation sites (N-methyl/N-ethyl adjacent to an activating group) is 1. The molecule has 3 heterocycles. The van der Waals surface area contributed by atoms with E-state index in [0.717, 1.165) is 57.0 Å². The van der Waals surface area contributed by atoms with Crippen molar-refractivity contribution in [2.45, 2.75) is 45.1 Å². The Hall–Kier alpha value is -1.51. The fourth-order valence-electron chi connectivity index (χ4n) is 4.02. The minimum atomic E-state index is -0.119. The number of nitrogens with zero attached hydrogens (tertiary/aromatic N) is 4. The van der Waals surface area contributed by atoms with Crippen molar-refractivity contribution < 1.29 is 9.59 Å². The normalized spacial score (nSPS) is 20.8. The molecule has 1 aromatic rings. The van der Waals surface area contributed by atoms with Crippen LogP contribution in [0.1, 0.15) is 37.5 Å². The highest BCUT2D eigenvalue weighted by atomic mass is 32.1. The number of unbranched alkanes of at least 4 members (excludes halogenated alkanes) is 3. The van der Waals surface area contributed by atoms with E-state index >= 15 is 0 Å². The highest BCUT2D eigenvalue weighted by Crippen LogP contribution is 2.17. The standard InChI is InChI=1S/C21H32N4O2S2/c1-17-20(27)22(2)21(28)25(17)10-6-4-3-5-9-23-11-13-24(14-12-23)19(26)16-18-8-7-15-29-18/h7-8,15,17H,3-6,9-14,16H2,1-2H3. The minimum Gasteiger partial charge on any atom is -0.340 e. The molecule has 0 bridgehead atoms. The summed E-state index contributed by atoms with van der Waals surface area (Å²) >= 11 is 7.01. The van der Waals surface area contributed by atoms with Crippen LogP contribution in [0.2, 0.25) is 0 Å². The van der Waals surface area contributed by atoms with Gasteiger partial charge in [0.15, 0.2) is 5.11 Å². The van der Waals surface area contributed by atoms with Crippen LogP contribution in [-0.2, 0) is 16.0 Å². The molecule has 0 aliphatic carbocycles. The smallest absolute Gasteiger partial charge is 0.250 e. The van der Waals surface area contributed by atoms with Gasteiger partial charge in [-0.1, -0.05) is 18.9 Å². The fraction of sp³-hybridized carbons (Fsp3) is 0.667. The van der Waals surface area contributed by atoms with E-state index in [1.165, 1.54) is 12.8 Å². The second kappa shape index (κ2) is 10.5. The average molecular weight is 437 g/mol. The molecule has 1 aromatic heterocycles. The number of thiophene rings is 1. The highest BCUT2D eigenvalue weighted by Gasteiger charge is 2.36. The van der Waals surface area contributed by atoms with Crippen LogP contribution in [0.5, 0.6) is 0 Å². The lowest BCUT2D eigenvalue weighted by molar-refractivity contribution is -0.132. The maximum atomic E-state index is 12.4. The molecule has 160 valence electrons. The molecule has 1 atom stereocenters. The summed E-state index contributed by atoms with van der Waals surface area (Å²) in [7, 11) is 1.76. The number of carbonyl (C=O) groups excluding carboxylic acids is 2. The van der Waals surface area contributed by atoms with Crippen molar-refractivity contribution in [2.24, 2.45) is 0 Å². The van der Waals surface area contributed by atoms with Crippen LogP contribution in [0.25, 0.3) is 0 Å². The maximum absolute atomic E-state index is 12.4. The van der Waals surface area contributed by atoms with Crippen molar-refractivity contribution in [2.75, 3.05) is 46.3 Å². The van der Waals surface area contributed by atoms with Gasteiger partial charge in [-0.15, -0.1) is 11.3 Å². The van der Waals surface area contributed by atoms with Gasteiger partial charge in [-0.25, -0.2) is 0 Å². The van der Waals surface area contributed by atoms with Gasteiger partial charge in [0.1, 0.15) is 6.04 Å². The van der Waals surface area contributed by atoms with Crippen molar-refractivity contribution in [3.8, 4) is 0 Å². The van der Waals surface area contributed by atoms with Gasteiger partial charge in [-0.05, 0) is 50.0 Å². The molecule has 3 rings (SSSR count). The minimum absolute atomic E-state index is 0.100. The Kier molecular flexibility index (Phi) is 8.03. The van der Waals surface area contributed by atoms with Gasteiger partial charge in [0, 0.05) is 44.6 Å². The molecular weight excluding hydrogens is 404 g/mol. The molecule has 2 fully saturated rings. The summed E-state index contributed by atoms with van der Waals surface area (Å²) in [5, 5.41) is 2.69. The van der Waals surface area contributed by atoms with Crippen molar-refractivity contribution >= 4 is 40.5 Å². The lowest BCUT2D eigenvalue weighted by Gasteiger charge is -2.34. The van der Waals surface area contributed by atoms with Gasteiger partial charge in [0.2, 0.25) is 5.91 Å². The molecule has 2 saturated heterocycles. The van der Waals surface area contributed by atoms with Crippen LogP contribution in [0.15, 0.2) is 17.5 Å². The number of piperazine rings is 1. The highest BCUT2D eigenvalue weighted by molar-refractivity contribution is 7.80. The summed E-state index contributed by atoms with van der Waals surface area (Å²) in [6.45, 7) is 7.54. The fourth-order valence-corrected chi connectivity index (χ4v) is 5.06. The summed E-state index contributed by atoms with van der Waals surface area (Å²) < 4.78 is 0. The summed E-state index contributed by atoms with van der Waals surface area (Å²) in [5.41, 5.74) is 0. The second-order valence-corrected chi connectivity index (χ2v) is 9.34. The summed E-state index contributed by atoms with van der Waals surface area (Å²) in [5.74, 6) is 0.355. The first-order valence-electron chi connectivity index (χ1n) is 10.6. The van der Waals surface area contributed by atoms with Gasteiger partial charge in [0.05, 0.1) is 6.42 Å². The monoisotopic (exact) mass is 436 g/mol. The van der Waals surface area contributed by atoms with Crippen LogP contribution in [0, 0.1) is 0 Å². The molecule has 1 unspecified atom stereocenters. The van der Waals surface area contributed by atoms with E-state index in [1.54, 1.807) is 23.3 Å². The van der Waals surface area contributed by atoms with Crippen molar-refractivity contribution in [1.82, 2.24) is 19.6 Å².